The van der Waals surface area contributed by atoms with E-state index in [2.05, 4.69) is 4.72 Å². The second-order valence-electron chi connectivity index (χ2n) is 9.27. The van der Waals surface area contributed by atoms with E-state index in [1.54, 1.807) is 57.2 Å². The number of benzene rings is 2. The van der Waals surface area contributed by atoms with Gasteiger partial charge < -0.3 is 4.74 Å². The standard InChI is InChI=1S/C25H32F2N2O4S/c1-18(2)17-34(31,32)28-22-14-25(26,27)15-23(22)29(19(3)21-12-8-5-9-13-21)24(30)33-16-20-10-6-4-7-11-20/h4-13,18-19,22-23,28H,14-17H2,1-3H3/t19-,22-,23+/m1/s1. The molecule has 1 fully saturated rings. The third-order valence-electron chi connectivity index (χ3n) is 5.85. The molecule has 1 saturated carbocycles. The molecule has 1 amide bonds. The fourth-order valence-corrected chi connectivity index (χ4v) is 6.06. The zero-order chi connectivity index (χ0) is 24.9. The van der Waals surface area contributed by atoms with E-state index in [1.165, 1.54) is 4.90 Å². The predicted octanol–water partition coefficient (Wildman–Crippen LogP) is 5.13. The van der Waals surface area contributed by atoms with Crippen molar-refractivity contribution in [2.24, 2.45) is 5.92 Å². The molecule has 0 saturated heterocycles. The van der Waals surface area contributed by atoms with Gasteiger partial charge in [0.2, 0.25) is 10.0 Å². The summed E-state index contributed by atoms with van der Waals surface area (Å²) >= 11 is 0. The van der Waals surface area contributed by atoms with E-state index in [0.29, 0.717) is 0 Å². The monoisotopic (exact) mass is 494 g/mol. The van der Waals surface area contributed by atoms with Gasteiger partial charge in [-0.3, -0.25) is 4.90 Å². The van der Waals surface area contributed by atoms with Crippen LogP contribution in [0.3, 0.4) is 0 Å². The molecule has 0 aromatic heterocycles. The van der Waals surface area contributed by atoms with Crippen molar-refractivity contribution in [1.82, 2.24) is 9.62 Å². The Hall–Kier alpha value is -2.52. The Morgan fingerprint density at radius 1 is 1.06 bits per heavy atom. The van der Waals surface area contributed by atoms with Gasteiger partial charge in [-0.15, -0.1) is 0 Å². The minimum Gasteiger partial charge on any atom is -0.445 e. The minimum absolute atomic E-state index is 0.0233. The lowest BCUT2D eigenvalue weighted by molar-refractivity contribution is -0.00283. The Balaban J connectivity index is 1.91. The number of nitrogens with one attached hydrogen (secondary N) is 1. The molecule has 1 aliphatic rings. The second-order valence-corrected chi connectivity index (χ2v) is 11.1. The molecule has 0 unspecified atom stereocenters. The zero-order valence-electron chi connectivity index (χ0n) is 19.7. The van der Waals surface area contributed by atoms with Gasteiger partial charge in [-0.05, 0) is 24.0 Å². The molecule has 3 rings (SSSR count). The van der Waals surface area contributed by atoms with E-state index in [4.69, 9.17) is 4.74 Å². The fraction of sp³-hybridized carbons (Fsp3) is 0.480. The van der Waals surface area contributed by atoms with E-state index in [-0.39, 0.29) is 18.3 Å². The van der Waals surface area contributed by atoms with Gasteiger partial charge in [-0.25, -0.2) is 26.7 Å². The van der Waals surface area contributed by atoms with Crippen molar-refractivity contribution in [1.29, 1.82) is 0 Å². The van der Waals surface area contributed by atoms with Gasteiger partial charge in [0.05, 0.1) is 17.8 Å². The highest BCUT2D eigenvalue weighted by molar-refractivity contribution is 7.89. The highest BCUT2D eigenvalue weighted by atomic mass is 32.2. The summed E-state index contributed by atoms with van der Waals surface area (Å²) in [5.41, 5.74) is 1.49. The van der Waals surface area contributed by atoms with E-state index in [1.807, 2.05) is 24.3 Å². The van der Waals surface area contributed by atoms with Crippen molar-refractivity contribution in [2.45, 2.75) is 64.3 Å². The molecule has 34 heavy (non-hydrogen) atoms. The minimum atomic E-state index is -3.81. The second kappa shape index (κ2) is 10.8. The summed E-state index contributed by atoms with van der Waals surface area (Å²) in [7, 11) is -3.81. The number of alkyl halides is 2. The van der Waals surface area contributed by atoms with Crippen LogP contribution in [0.5, 0.6) is 0 Å². The smallest absolute Gasteiger partial charge is 0.410 e. The van der Waals surface area contributed by atoms with Crippen LogP contribution in [0.15, 0.2) is 60.7 Å². The summed E-state index contributed by atoms with van der Waals surface area (Å²) in [5.74, 6) is -3.48. The van der Waals surface area contributed by atoms with E-state index < -0.39 is 53.0 Å². The molecule has 1 aliphatic carbocycles. The lowest BCUT2D eigenvalue weighted by Crippen LogP contribution is -2.52. The van der Waals surface area contributed by atoms with Crippen LogP contribution < -0.4 is 4.72 Å². The van der Waals surface area contributed by atoms with Gasteiger partial charge >= 0.3 is 6.09 Å². The molecular weight excluding hydrogens is 462 g/mol. The maximum Gasteiger partial charge on any atom is 0.410 e. The van der Waals surface area contributed by atoms with Crippen molar-refractivity contribution in [3.8, 4) is 0 Å². The van der Waals surface area contributed by atoms with Gasteiger partial charge in [0.25, 0.3) is 5.92 Å². The number of halogens is 2. The van der Waals surface area contributed by atoms with Crippen molar-refractivity contribution in [3.63, 3.8) is 0 Å². The first-order chi connectivity index (χ1) is 16.0. The Bertz CT molecular complexity index is 1050. The molecule has 3 atom stereocenters. The lowest BCUT2D eigenvalue weighted by atomic mass is 10.0. The number of hydrogen-bond donors (Lipinski definition) is 1. The lowest BCUT2D eigenvalue weighted by Gasteiger charge is -2.37. The molecule has 1 N–H and O–H groups in total. The van der Waals surface area contributed by atoms with Crippen LogP contribution >= 0.6 is 0 Å². The Morgan fingerprint density at radius 3 is 2.24 bits per heavy atom. The number of rotatable bonds is 9. The van der Waals surface area contributed by atoms with E-state index in [9.17, 15) is 22.0 Å². The van der Waals surface area contributed by atoms with Gasteiger partial charge in [0.1, 0.15) is 6.61 Å². The van der Waals surface area contributed by atoms with Crippen LogP contribution in [0.25, 0.3) is 0 Å². The summed E-state index contributed by atoms with van der Waals surface area (Å²) < 4.78 is 62.4. The first-order valence-corrected chi connectivity index (χ1v) is 13.0. The molecular formula is C25H32F2N2O4S. The van der Waals surface area contributed by atoms with Crippen LogP contribution in [0, 0.1) is 5.92 Å². The van der Waals surface area contributed by atoms with Crippen molar-refractivity contribution >= 4 is 16.1 Å². The summed E-state index contributed by atoms with van der Waals surface area (Å²) in [6.45, 7) is 5.19. The molecule has 2 aromatic carbocycles. The predicted molar refractivity (Wildman–Crippen MR) is 127 cm³/mol. The van der Waals surface area contributed by atoms with Gasteiger partial charge in [0.15, 0.2) is 0 Å². The fourth-order valence-electron chi connectivity index (χ4n) is 4.39. The van der Waals surface area contributed by atoms with Crippen LogP contribution in [0.4, 0.5) is 13.6 Å². The first kappa shape index (κ1) is 26.1. The highest BCUT2D eigenvalue weighted by Gasteiger charge is 2.52. The molecule has 0 spiro atoms. The van der Waals surface area contributed by atoms with Gasteiger partial charge in [-0.1, -0.05) is 74.5 Å². The number of nitrogens with zero attached hydrogens (tertiary/aromatic N) is 1. The Labute approximate surface area is 200 Å². The van der Waals surface area contributed by atoms with Crippen LogP contribution in [0.1, 0.15) is 50.8 Å². The Kier molecular flexibility index (Phi) is 8.30. The first-order valence-electron chi connectivity index (χ1n) is 11.4. The SMILES string of the molecule is CC(C)CS(=O)(=O)N[C@@H]1CC(F)(F)C[C@@H]1N(C(=O)OCc1ccccc1)[C@H](C)c1ccccc1. The van der Waals surface area contributed by atoms with Crippen LogP contribution in [-0.2, 0) is 21.4 Å². The number of ether oxygens (including phenoxy) is 1. The average Bonchev–Trinajstić information content (AvgIpc) is 3.05. The summed E-state index contributed by atoms with van der Waals surface area (Å²) in [6, 6.07) is 15.2. The molecule has 0 bridgehead atoms. The summed E-state index contributed by atoms with van der Waals surface area (Å²) in [4.78, 5) is 14.6. The number of amides is 1. The highest BCUT2D eigenvalue weighted by Crippen LogP contribution is 2.41. The molecule has 0 aliphatic heterocycles. The topological polar surface area (TPSA) is 75.7 Å². The normalized spacial score (nSPS) is 20.8. The number of carbonyl (C=O) groups is 1. The van der Waals surface area contributed by atoms with Crippen molar-refractivity contribution in [2.75, 3.05) is 5.75 Å². The average molecular weight is 495 g/mol. The number of carbonyl (C=O) groups excluding carboxylic acids is 1. The van der Waals surface area contributed by atoms with Gasteiger partial charge in [-0.2, -0.15) is 0 Å². The van der Waals surface area contributed by atoms with Gasteiger partial charge in [0, 0.05) is 18.9 Å². The molecule has 0 heterocycles. The number of sulfonamides is 1. The molecule has 2 aromatic rings. The zero-order valence-corrected chi connectivity index (χ0v) is 20.5. The molecule has 0 radical (unpaired) electrons. The summed E-state index contributed by atoms with van der Waals surface area (Å²) in [5, 5.41) is 0. The largest absolute Gasteiger partial charge is 0.445 e. The van der Waals surface area contributed by atoms with Crippen molar-refractivity contribution < 1.29 is 26.7 Å². The molecule has 6 nitrogen and oxygen atoms in total. The Morgan fingerprint density at radius 2 is 1.65 bits per heavy atom. The van der Waals surface area contributed by atoms with Crippen LogP contribution in [0.2, 0.25) is 0 Å². The number of hydrogen-bond acceptors (Lipinski definition) is 4. The summed E-state index contributed by atoms with van der Waals surface area (Å²) in [6.07, 6.45) is -2.10. The quantitative estimate of drug-likeness (QED) is 0.525. The maximum absolute atomic E-state index is 14.6. The molecule has 186 valence electrons. The third kappa shape index (κ3) is 6.99. The van der Waals surface area contributed by atoms with E-state index >= 15 is 0 Å². The molecule has 9 heteroatoms. The maximum atomic E-state index is 14.6. The van der Waals surface area contributed by atoms with Crippen LogP contribution in [-0.4, -0.2) is 43.2 Å². The van der Waals surface area contributed by atoms with Crippen molar-refractivity contribution in [3.05, 3.63) is 71.8 Å². The third-order valence-corrected chi connectivity index (χ3v) is 7.61. The van der Waals surface area contributed by atoms with E-state index in [0.717, 1.165) is 11.1 Å².